The summed E-state index contributed by atoms with van der Waals surface area (Å²) in [5.74, 6) is 0.589. The van der Waals surface area contributed by atoms with Gasteiger partial charge in [-0.3, -0.25) is 19.0 Å². The maximum atomic E-state index is 13.9. The number of imidazole rings is 2. The van der Waals surface area contributed by atoms with E-state index in [0.717, 1.165) is 46.7 Å². The molecule has 39 heavy (non-hydrogen) atoms. The van der Waals surface area contributed by atoms with Crippen molar-refractivity contribution < 1.29 is 9.53 Å². The van der Waals surface area contributed by atoms with Crippen molar-refractivity contribution in [1.82, 2.24) is 33.6 Å². The molecule has 1 saturated heterocycles. The van der Waals surface area contributed by atoms with Crippen LogP contribution < -0.4 is 5.69 Å². The van der Waals surface area contributed by atoms with Crippen LogP contribution in [0.5, 0.6) is 0 Å². The highest BCUT2D eigenvalue weighted by atomic mass is 79.9. The molecule has 1 aromatic carbocycles. The van der Waals surface area contributed by atoms with Crippen molar-refractivity contribution in [2.45, 2.75) is 19.0 Å². The summed E-state index contributed by atoms with van der Waals surface area (Å²) in [5, 5.41) is 0. The summed E-state index contributed by atoms with van der Waals surface area (Å²) >= 11 is 3.51. The van der Waals surface area contributed by atoms with Gasteiger partial charge in [-0.25, -0.2) is 19.6 Å². The third-order valence-corrected chi connectivity index (χ3v) is 7.98. The van der Waals surface area contributed by atoms with Crippen molar-refractivity contribution in [2.75, 3.05) is 20.2 Å². The minimum atomic E-state index is -0.385. The average molecular weight is 588 g/mol. The number of fused-ring (bicyclic) bond motifs is 1. The van der Waals surface area contributed by atoms with E-state index in [0.29, 0.717) is 23.4 Å². The quantitative estimate of drug-likeness (QED) is 0.277. The summed E-state index contributed by atoms with van der Waals surface area (Å²) in [5.41, 5.74) is 4.01. The molecule has 0 bridgehead atoms. The normalized spacial score (nSPS) is 15.7. The molecule has 198 valence electrons. The van der Waals surface area contributed by atoms with Gasteiger partial charge in [-0.05, 0) is 58.7 Å². The molecule has 0 amide bonds. The fraction of sp³-hybridized carbons (Fsp3) is 0.250. The number of esters is 1. The Labute approximate surface area is 232 Å². The second kappa shape index (κ2) is 10.2. The minimum absolute atomic E-state index is 0.000386. The van der Waals surface area contributed by atoms with Gasteiger partial charge in [0.2, 0.25) is 0 Å². The second-order valence-corrected chi connectivity index (χ2v) is 10.4. The molecule has 0 radical (unpaired) electrons. The van der Waals surface area contributed by atoms with Crippen LogP contribution in [-0.2, 0) is 18.3 Å². The van der Waals surface area contributed by atoms with Crippen LogP contribution in [0.25, 0.3) is 28.1 Å². The smallest absolute Gasteiger partial charge is 0.337 e. The van der Waals surface area contributed by atoms with Crippen molar-refractivity contribution in [3.05, 3.63) is 93.6 Å². The lowest BCUT2D eigenvalue weighted by Gasteiger charge is -2.16. The highest BCUT2D eigenvalue weighted by Crippen LogP contribution is 2.27. The lowest BCUT2D eigenvalue weighted by molar-refractivity contribution is 0.0600. The molecular formula is C28H26BrN7O3. The molecule has 0 saturated carbocycles. The summed E-state index contributed by atoms with van der Waals surface area (Å²) < 4.78 is 11.2. The van der Waals surface area contributed by atoms with Gasteiger partial charge in [-0.2, -0.15) is 0 Å². The summed E-state index contributed by atoms with van der Waals surface area (Å²) in [4.78, 5) is 41.6. The standard InChI is InChI=1S/C28H26BrN7O3/c1-33-24(29)15-32-25(33)17-34-13-11-21(16-34)36-26-23(4-3-12-30-26)35(28(36)38)20-9-10-22(31-14-20)18-5-7-19(8-6-18)27(37)39-2/h3-10,12,14-15,21H,11,13,16-17H2,1-2H3/t21-/m0/s1. The topological polar surface area (TPSA) is 100 Å². The van der Waals surface area contributed by atoms with Crippen LogP contribution in [0, 0.1) is 0 Å². The van der Waals surface area contributed by atoms with E-state index < -0.39 is 0 Å². The molecule has 5 aromatic rings. The molecule has 0 unspecified atom stereocenters. The van der Waals surface area contributed by atoms with Gasteiger partial charge in [-0.1, -0.05) is 12.1 Å². The van der Waals surface area contributed by atoms with Crippen molar-refractivity contribution in [3.8, 4) is 16.9 Å². The average Bonchev–Trinajstić information content (AvgIpc) is 3.64. The molecule has 1 aliphatic rings. The molecule has 10 nitrogen and oxygen atoms in total. The molecule has 1 atom stereocenters. The Morgan fingerprint density at radius 1 is 1.08 bits per heavy atom. The minimum Gasteiger partial charge on any atom is -0.465 e. The van der Waals surface area contributed by atoms with Gasteiger partial charge in [-0.15, -0.1) is 0 Å². The molecular weight excluding hydrogens is 562 g/mol. The number of rotatable bonds is 6. The molecule has 4 aromatic heterocycles. The highest BCUT2D eigenvalue weighted by molar-refractivity contribution is 9.10. The molecule has 0 spiro atoms. The maximum Gasteiger partial charge on any atom is 0.337 e. The first kappa shape index (κ1) is 25.2. The number of ether oxygens (including phenoxy) is 1. The van der Waals surface area contributed by atoms with E-state index in [2.05, 4.69) is 35.8 Å². The van der Waals surface area contributed by atoms with E-state index in [1.165, 1.54) is 7.11 Å². The van der Waals surface area contributed by atoms with Crippen LogP contribution in [0.15, 0.2) is 76.5 Å². The monoisotopic (exact) mass is 587 g/mol. The molecule has 11 heteroatoms. The number of carbonyl (C=O) groups excluding carboxylic acids is 1. The zero-order chi connectivity index (χ0) is 27.1. The number of hydrogen-bond donors (Lipinski definition) is 0. The fourth-order valence-corrected chi connectivity index (χ4v) is 5.46. The van der Waals surface area contributed by atoms with E-state index in [4.69, 9.17) is 4.74 Å². The lowest BCUT2D eigenvalue weighted by atomic mass is 10.1. The van der Waals surface area contributed by atoms with Crippen molar-refractivity contribution in [1.29, 1.82) is 0 Å². The van der Waals surface area contributed by atoms with Crippen LogP contribution in [-0.4, -0.2) is 59.7 Å². The molecule has 6 rings (SSSR count). The van der Waals surface area contributed by atoms with Gasteiger partial charge in [0.1, 0.15) is 10.4 Å². The highest BCUT2D eigenvalue weighted by Gasteiger charge is 2.29. The van der Waals surface area contributed by atoms with E-state index in [9.17, 15) is 9.59 Å². The third-order valence-electron chi connectivity index (χ3n) is 7.25. The van der Waals surface area contributed by atoms with Gasteiger partial charge in [0.25, 0.3) is 0 Å². The third kappa shape index (κ3) is 4.57. The van der Waals surface area contributed by atoms with Gasteiger partial charge in [0, 0.05) is 31.9 Å². The number of halogens is 1. The summed E-state index contributed by atoms with van der Waals surface area (Å²) in [6, 6.07) is 14.6. The van der Waals surface area contributed by atoms with Crippen LogP contribution in [0.3, 0.4) is 0 Å². The van der Waals surface area contributed by atoms with E-state index in [1.807, 2.05) is 58.8 Å². The zero-order valence-electron chi connectivity index (χ0n) is 21.5. The summed E-state index contributed by atoms with van der Waals surface area (Å²) in [6.07, 6.45) is 6.07. The fourth-order valence-electron chi connectivity index (χ4n) is 5.15. The molecule has 1 fully saturated rings. The van der Waals surface area contributed by atoms with Crippen LogP contribution in [0.2, 0.25) is 0 Å². The lowest BCUT2D eigenvalue weighted by Crippen LogP contribution is -2.29. The van der Waals surface area contributed by atoms with Gasteiger partial charge < -0.3 is 9.30 Å². The van der Waals surface area contributed by atoms with E-state index in [-0.39, 0.29) is 17.7 Å². The van der Waals surface area contributed by atoms with E-state index >= 15 is 0 Å². The molecule has 1 aliphatic heterocycles. The SMILES string of the molecule is COC(=O)c1ccc(-c2ccc(-n3c(=O)n([C@H]4CCN(Cc5ncc(Br)n5C)C4)c4ncccc43)cn2)cc1. The van der Waals surface area contributed by atoms with Gasteiger partial charge in [0.15, 0.2) is 5.65 Å². The zero-order valence-corrected chi connectivity index (χ0v) is 23.1. The molecule has 5 heterocycles. The number of methoxy groups -OCH3 is 1. The van der Waals surface area contributed by atoms with Crippen molar-refractivity contribution >= 4 is 33.1 Å². The predicted molar refractivity (Wildman–Crippen MR) is 150 cm³/mol. The number of carbonyl (C=O) groups is 1. The predicted octanol–water partition coefficient (Wildman–Crippen LogP) is 3.98. The second-order valence-electron chi connectivity index (χ2n) is 9.54. The largest absolute Gasteiger partial charge is 0.465 e. The summed E-state index contributed by atoms with van der Waals surface area (Å²) in [7, 11) is 3.34. The number of nitrogens with zero attached hydrogens (tertiary/aromatic N) is 7. The van der Waals surface area contributed by atoms with Crippen LogP contribution in [0.4, 0.5) is 0 Å². The first-order chi connectivity index (χ1) is 18.9. The number of pyridine rings is 2. The number of hydrogen-bond acceptors (Lipinski definition) is 7. The Kier molecular flexibility index (Phi) is 6.61. The first-order valence-corrected chi connectivity index (χ1v) is 13.4. The number of likely N-dealkylation sites (tertiary alicyclic amines) is 1. The van der Waals surface area contributed by atoms with Gasteiger partial charge in [0.05, 0.1) is 54.6 Å². The Morgan fingerprint density at radius 3 is 2.59 bits per heavy atom. The molecule has 0 aliphatic carbocycles. The Morgan fingerprint density at radius 2 is 1.90 bits per heavy atom. The van der Waals surface area contributed by atoms with E-state index in [1.54, 1.807) is 29.1 Å². The Bertz CT molecular complexity index is 1720. The number of benzene rings is 1. The molecule has 0 N–H and O–H groups in total. The first-order valence-electron chi connectivity index (χ1n) is 12.6. The number of aromatic nitrogens is 6. The van der Waals surface area contributed by atoms with Gasteiger partial charge >= 0.3 is 11.7 Å². The maximum absolute atomic E-state index is 13.9. The van der Waals surface area contributed by atoms with Crippen molar-refractivity contribution in [2.24, 2.45) is 7.05 Å². The Hall–Kier alpha value is -4.09. The Balaban J connectivity index is 1.29. The van der Waals surface area contributed by atoms with Crippen LogP contribution in [0.1, 0.15) is 28.6 Å². The van der Waals surface area contributed by atoms with Crippen molar-refractivity contribution in [3.63, 3.8) is 0 Å². The van der Waals surface area contributed by atoms with Crippen LogP contribution >= 0.6 is 15.9 Å². The summed E-state index contributed by atoms with van der Waals surface area (Å²) in [6.45, 7) is 2.32.